The van der Waals surface area contributed by atoms with Crippen LogP contribution in [0.2, 0.25) is 0 Å². The molecule has 54 valence electrons. The molecule has 10 heavy (non-hydrogen) atoms. The molecule has 0 fully saturated rings. The summed E-state index contributed by atoms with van der Waals surface area (Å²) in [4.78, 5) is 0. The number of alkyl halides is 1. The molecule has 0 N–H and O–H groups in total. The molecule has 1 aromatic carbocycles. The second-order valence-corrected chi connectivity index (χ2v) is 5.50. The van der Waals surface area contributed by atoms with E-state index in [0.717, 1.165) is 4.47 Å². The third kappa shape index (κ3) is 2.34. The van der Waals surface area contributed by atoms with E-state index >= 15 is 0 Å². The number of hydrogen-bond donors (Lipinski definition) is 0. The molecule has 0 saturated carbocycles. The van der Waals surface area contributed by atoms with Crippen LogP contribution in [-0.4, -0.2) is 0 Å². The highest BCUT2D eigenvalue weighted by molar-refractivity contribution is 9.10. The summed E-state index contributed by atoms with van der Waals surface area (Å²) in [6.07, 6.45) is 0. The molecule has 0 amide bonds. The van der Waals surface area contributed by atoms with Gasteiger partial charge in [0, 0.05) is 4.47 Å². The summed E-state index contributed by atoms with van der Waals surface area (Å²) in [6.45, 7) is 0. The minimum atomic E-state index is 0.362. The van der Waals surface area contributed by atoms with Crippen molar-refractivity contribution in [2.75, 3.05) is 0 Å². The third-order valence-electron chi connectivity index (χ3n) is 1.19. The molecule has 3 heteroatoms. The molecular formula is C7H7Br2P. The van der Waals surface area contributed by atoms with Crippen molar-refractivity contribution >= 4 is 41.1 Å². The van der Waals surface area contributed by atoms with Crippen LogP contribution in [0, 0.1) is 0 Å². The average molecular weight is 282 g/mol. The SMILES string of the molecule is PC(Br)c1ccc(Br)cc1. The Morgan fingerprint density at radius 1 is 1.20 bits per heavy atom. The van der Waals surface area contributed by atoms with Gasteiger partial charge < -0.3 is 0 Å². The first kappa shape index (κ1) is 8.70. The van der Waals surface area contributed by atoms with Crippen LogP contribution in [0.15, 0.2) is 28.7 Å². The minimum Gasteiger partial charge on any atom is -0.118 e. The van der Waals surface area contributed by atoms with Crippen LogP contribution < -0.4 is 0 Å². The van der Waals surface area contributed by atoms with Crippen molar-refractivity contribution in [1.82, 2.24) is 0 Å². The van der Waals surface area contributed by atoms with Gasteiger partial charge in [0.15, 0.2) is 0 Å². The maximum absolute atomic E-state index is 3.45. The van der Waals surface area contributed by atoms with Crippen LogP contribution >= 0.6 is 41.1 Å². The number of hydrogen-bond acceptors (Lipinski definition) is 0. The highest BCUT2D eigenvalue weighted by atomic mass is 79.9. The lowest BCUT2D eigenvalue weighted by Gasteiger charge is -2.01. The van der Waals surface area contributed by atoms with Gasteiger partial charge in [-0.05, 0) is 17.7 Å². The maximum Gasteiger partial charge on any atom is 0.0535 e. The summed E-state index contributed by atoms with van der Waals surface area (Å²) in [7, 11) is 2.69. The number of halogens is 2. The fourth-order valence-corrected chi connectivity index (χ4v) is 1.44. The molecule has 1 rings (SSSR count). The molecule has 0 spiro atoms. The first-order valence-corrected chi connectivity index (χ1v) is 5.23. The summed E-state index contributed by atoms with van der Waals surface area (Å²) >= 11 is 6.83. The van der Waals surface area contributed by atoms with E-state index in [4.69, 9.17) is 0 Å². The van der Waals surface area contributed by atoms with Gasteiger partial charge in [0.2, 0.25) is 0 Å². The molecule has 0 nitrogen and oxygen atoms in total. The molecule has 1 aromatic rings. The molecule has 0 saturated heterocycles. The zero-order valence-electron chi connectivity index (χ0n) is 5.22. The van der Waals surface area contributed by atoms with Gasteiger partial charge in [-0.1, -0.05) is 44.0 Å². The summed E-state index contributed by atoms with van der Waals surface area (Å²) < 4.78 is 1.48. The molecule has 0 bridgehead atoms. The van der Waals surface area contributed by atoms with Crippen LogP contribution in [0.5, 0.6) is 0 Å². The number of benzene rings is 1. The van der Waals surface area contributed by atoms with Crippen molar-refractivity contribution in [3.63, 3.8) is 0 Å². The Morgan fingerprint density at radius 3 is 2.10 bits per heavy atom. The van der Waals surface area contributed by atoms with Crippen molar-refractivity contribution in [1.29, 1.82) is 0 Å². The third-order valence-corrected chi connectivity index (χ3v) is 2.63. The average Bonchev–Trinajstić information content (AvgIpc) is 1.88. The van der Waals surface area contributed by atoms with Crippen LogP contribution in [0.1, 0.15) is 10.1 Å². The monoisotopic (exact) mass is 280 g/mol. The molecule has 2 atom stereocenters. The van der Waals surface area contributed by atoms with Gasteiger partial charge in [-0.25, -0.2) is 0 Å². The van der Waals surface area contributed by atoms with Gasteiger partial charge in [0.05, 0.1) is 4.57 Å². The fraction of sp³-hybridized carbons (Fsp3) is 0.143. The van der Waals surface area contributed by atoms with Gasteiger partial charge in [0.25, 0.3) is 0 Å². The molecular weight excluding hydrogens is 275 g/mol. The van der Waals surface area contributed by atoms with Gasteiger partial charge in [-0.15, -0.1) is 9.24 Å². The lowest BCUT2D eigenvalue weighted by Crippen LogP contribution is -1.77. The molecule has 0 aliphatic heterocycles. The molecule has 0 aliphatic carbocycles. The largest absolute Gasteiger partial charge is 0.118 e. The van der Waals surface area contributed by atoms with Crippen LogP contribution in [0.25, 0.3) is 0 Å². The Kier molecular flexibility index (Phi) is 3.35. The van der Waals surface area contributed by atoms with Gasteiger partial charge in [-0.2, -0.15) is 0 Å². The van der Waals surface area contributed by atoms with E-state index in [9.17, 15) is 0 Å². The zero-order valence-corrected chi connectivity index (χ0v) is 9.55. The molecule has 0 radical (unpaired) electrons. The normalized spacial score (nSPS) is 13.1. The standard InChI is InChI=1S/C7H7Br2P/c8-6-3-1-5(2-4-6)7(9)10/h1-4,7H,10H2. The molecule has 0 aliphatic rings. The minimum absolute atomic E-state index is 0.362. The van der Waals surface area contributed by atoms with Crippen LogP contribution in [0.4, 0.5) is 0 Å². The molecule has 0 aromatic heterocycles. The Labute approximate surface area is 79.9 Å². The lowest BCUT2D eigenvalue weighted by molar-refractivity contribution is 1.40. The van der Waals surface area contributed by atoms with E-state index in [1.165, 1.54) is 5.56 Å². The topological polar surface area (TPSA) is 0 Å². The predicted molar refractivity (Wildman–Crippen MR) is 55.5 cm³/mol. The van der Waals surface area contributed by atoms with E-state index in [2.05, 4.69) is 53.2 Å². The smallest absolute Gasteiger partial charge is 0.0535 e. The van der Waals surface area contributed by atoms with Crippen molar-refractivity contribution in [3.8, 4) is 0 Å². The fourth-order valence-electron chi connectivity index (χ4n) is 0.647. The highest BCUT2D eigenvalue weighted by Gasteiger charge is 1.97. The first-order valence-electron chi connectivity index (χ1n) is 2.85. The second-order valence-electron chi connectivity index (χ2n) is 1.95. The summed E-state index contributed by atoms with van der Waals surface area (Å²) in [5.41, 5.74) is 1.27. The summed E-state index contributed by atoms with van der Waals surface area (Å²) in [5.74, 6) is 0. The van der Waals surface area contributed by atoms with Crippen molar-refractivity contribution < 1.29 is 0 Å². The lowest BCUT2D eigenvalue weighted by atomic mass is 10.2. The summed E-state index contributed by atoms with van der Waals surface area (Å²) in [5, 5.41) is 0. The van der Waals surface area contributed by atoms with Gasteiger partial charge in [0.1, 0.15) is 0 Å². The highest BCUT2D eigenvalue weighted by Crippen LogP contribution is 2.29. The zero-order chi connectivity index (χ0) is 7.56. The molecule has 0 heterocycles. The van der Waals surface area contributed by atoms with Gasteiger partial charge in [-0.3, -0.25) is 0 Å². The Morgan fingerprint density at radius 2 is 1.70 bits per heavy atom. The van der Waals surface area contributed by atoms with E-state index in [-0.39, 0.29) is 0 Å². The van der Waals surface area contributed by atoms with Crippen molar-refractivity contribution in [3.05, 3.63) is 34.3 Å². The van der Waals surface area contributed by atoms with Crippen molar-refractivity contribution in [2.24, 2.45) is 0 Å². The van der Waals surface area contributed by atoms with Crippen LogP contribution in [-0.2, 0) is 0 Å². The van der Waals surface area contributed by atoms with E-state index in [0.29, 0.717) is 4.57 Å². The number of rotatable bonds is 1. The van der Waals surface area contributed by atoms with E-state index in [1.807, 2.05) is 12.1 Å². The maximum atomic E-state index is 3.45. The Bertz CT molecular complexity index is 205. The first-order chi connectivity index (χ1) is 4.70. The van der Waals surface area contributed by atoms with E-state index in [1.54, 1.807) is 0 Å². The van der Waals surface area contributed by atoms with Gasteiger partial charge >= 0.3 is 0 Å². The van der Waals surface area contributed by atoms with E-state index < -0.39 is 0 Å². The second kappa shape index (κ2) is 3.85. The molecule has 2 unspecified atom stereocenters. The Balaban J connectivity index is 2.89. The van der Waals surface area contributed by atoms with Crippen molar-refractivity contribution in [2.45, 2.75) is 4.57 Å². The quantitative estimate of drug-likeness (QED) is 0.544. The Hall–Kier alpha value is 0.610. The van der Waals surface area contributed by atoms with Crippen LogP contribution in [0.3, 0.4) is 0 Å². The summed E-state index contributed by atoms with van der Waals surface area (Å²) in [6, 6.07) is 8.23. The predicted octanol–water partition coefficient (Wildman–Crippen LogP) is 3.72.